The summed E-state index contributed by atoms with van der Waals surface area (Å²) in [4.78, 5) is 0. The first-order valence-electron chi connectivity index (χ1n) is 6.43. The molecule has 15 heavy (non-hydrogen) atoms. The summed E-state index contributed by atoms with van der Waals surface area (Å²) in [5.74, 6) is 2.24. The van der Waals surface area contributed by atoms with Crippen LogP contribution in [0.5, 0.6) is 0 Å². The maximum Gasteiger partial charge on any atom is 0.0397 e. The van der Waals surface area contributed by atoms with E-state index in [9.17, 15) is 0 Å². The Morgan fingerprint density at radius 2 is 1.80 bits per heavy atom. The molecule has 88 valence electrons. The third-order valence-electron chi connectivity index (χ3n) is 5.34. The fourth-order valence-corrected chi connectivity index (χ4v) is 5.15. The van der Waals surface area contributed by atoms with Gasteiger partial charge in [0.25, 0.3) is 0 Å². The van der Waals surface area contributed by atoms with Gasteiger partial charge in [-0.2, -0.15) is 0 Å². The molecule has 0 nitrogen and oxygen atoms in total. The van der Waals surface area contributed by atoms with E-state index in [1.807, 2.05) is 0 Å². The molecule has 0 amide bonds. The second-order valence-corrected chi connectivity index (χ2v) is 7.59. The van der Waals surface area contributed by atoms with E-state index < -0.39 is 0 Å². The Kier molecular flexibility index (Phi) is 2.66. The fourth-order valence-electron chi connectivity index (χ4n) is 4.52. The predicted octanol–water partition coefficient (Wildman–Crippen LogP) is 4.71. The van der Waals surface area contributed by atoms with Crippen LogP contribution >= 0.6 is 11.6 Å². The average Bonchev–Trinajstić information content (AvgIpc) is 2.54. The highest BCUT2D eigenvalue weighted by molar-refractivity contribution is 6.21. The molecule has 0 aliphatic heterocycles. The SMILES string of the molecule is CC(C)C(Cl)C1C2(C)CCC(C2)C1(C)C. The van der Waals surface area contributed by atoms with Crippen LogP contribution in [0.15, 0.2) is 0 Å². The highest BCUT2D eigenvalue weighted by Gasteiger charge is 2.61. The van der Waals surface area contributed by atoms with Crippen molar-refractivity contribution in [2.45, 2.75) is 59.3 Å². The van der Waals surface area contributed by atoms with Crippen molar-refractivity contribution < 1.29 is 0 Å². The quantitative estimate of drug-likeness (QED) is 0.601. The Morgan fingerprint density at radius 1 is 1.20 bits per heavy atom. The number of hydrogen-bond acceptors (Lipinski definition) is 0. The molecule has 0 heterocycles. The molecule has 0 N–H and O–H groups in total. The Hall–Kier alpha value is 0.290. The number of halogens is 1. The van der Waals surface area contributed by atoms with Gasteiger partial charge in [-0.1, -0.05) is 34.6 Å². The van der Waals surface area contributed by atoms with Crippen molar-refractivity contribution in [3.05, 3.63) is 0 Å². The van der Waals surface area contributed by atoms with Crippen LogP contribution in [0.4, 0.5) is 0 Å². The summed E-state index contributed by atoms with van der Waals surface area (Å²) in [6.45, 7) is 11.9. The molecule has 0 radical (unpaired) electrons. The number of rotatable bonds is 2. The second-order valence-electron chi connectivity index (χ2n) is 7.08. The molecule has 2 bridgehead atoms. The molecule has 2 aliphatic carbocycles. The minimum atomic E-state index is 0.357. The van der Waals surface area contributed by atoms with Gasteiger partial charge in [0.2, 0.25) is 0 Å². The van der Waals surface area contributed by atoms with Gasteiger partial charge in [0, 0.05) is 5.38 Å². The van der Waals surface area contributed by atoms with Crippen LogP contribution < -0.4 is 0 Å². The topological polar surface area (TPSA) is 0 Å². The first-order valence-corrected chi connectivity index (χ1v) is 6.87. The zero-order chi connectivity index (χ0) is 11.4. The first-order chi connectivity index (χ1) is 6.79. The summed E-state index contributed by atoms with van der Waals surface area (Å²) >= 11 is 6.69. The predicted molar refractivity (Wildman–Crippen MR) is 67.2 cm³/mol. The summed E-state index contributed by atoms with van der Waals surface area (Å²) in [6, 6.07) is 0. The summed E-state index contributed by atoms with van der Waals surface area (Å²) < 4.78 is 0. The third kappa shape index (κ3) is 1.55. The molecule has 2 saturated carbocycles. The van der Waals surface area contributed by atoms with Gasteiger partial charge in [-0.3, -0.25) is 0 Å². The van der Waals surface area contributed by atoms with Gasteiger partial charge >= 0.3 is 0 Å². The van der Waals surface area contributed by atoms with Gasteiger partial charge in [0.1, 0.15) is 0 Å². The van der Waals surface area contributed by atoms with Gasteiger partial charge in [-0.05, 0) is 47.8 Å². The van der Waals surface area contributed by atoms with Crippen LogP contribution in [0.1, 0.15) is 53.9 Å². The molecule has 4 atom stereocenters. The van der Waals surface area contributed by atoms with Gasteiger partial charge in [-0.25, -0.2) is 0 Å². The van der Waals surface area contributed by atoms with Crippen molar-refractivity contribution >= 4 is 11.6 Å². The summed E-state index contributed by atoms with van der Waals surface area (Å²) in [5, 5.41) is 0.357. The molecule has 4 unspecified atom stereocenters. The molecule has 0 aromatic heterocycles. The van der Waals surface area contributed by atoms with Crippen molar-refractivity contribution in [2.24, 2.45) is 28.6 Å². The molecule has 2 fully saturated rings. The molecule has 0 saturated heterocycles. The minimum absolute atomic E-state index is 0.357. The Balaban J connectivity index is 2.30. The molecular weight excluding hydrogens is 204 g/mol. The van der Waals surface area contributed by atoms with E-state index in [2.05, 4.69) is 34.6 Å². The maximum absolute atomic E-state index is 6.69. The maximum atomic E-state index is 6.69. The standard InChI is InChI=1S/C14H25Cl/c1-9(2)11(15)12-13(3,4)10-6-7-14(12,5)8-10/h9-12H,6-8H2,1-5H3. The molecule has 0 aromatic rings. The Bertz CT molecular complexity index is 251. The van der Waals surface area contributed by atoms with Crippen LogP contribution in [0.2, 0.25) is 0 Å². The highest BCUT2D eigenvalue weighted by Crippen LogP contribution is 2.68. The van der Waals surface area contributed by atoms with E-state index in [1.54, 1.807) is 0 Å². The zero-order valence-corrected chi connectivity index (χ0v) is 11.6. The lowest BCUT2D eigenvalue weighted by atomic mass is 9.61. The van der Waals surface area contributed by atoms with Crippen LogP contribution in [-0.2, 0) is 0 Å². The van der Waals surface area contributed by atoms with Crippen LogP contribution in [-0.4, -0.2) is 5.38 Å². The Morgan fingerprint density at radius 3 is 2.20 bits per heavy atom. The molecule has 2 rings (SSSR count). The normalized spacial score (nSPS) is 45.0. The van der Waals surface area contributed by atoms with Gasteiger partial charge < -0.3 is 0 Å². The van der Waals surface area contributed by atoms with Crippen molar-refractivity contribution in [3.8, 4) is 0 Å². The minimum Gasteiger partial charge on any atom is -0.122 e. The van der Waals surface area contributed by atoms with Gasteiger partial charge in [-0.15, -0.1) is 11.6 Å². The third-order valence-corrected chi connectivity index (χ3v) is 6.09. The second kappa shape index (κ2) is 3.39. The zero-order valence-electron chi connectivity index (χ0n) is 10.8. The smallest absolute Gasteiger partial charge is 0.0397 e. The van der Waals surface area contributed by atoms with E-state index in [0.29, 0.717) is 28.0 Å². The lowest BCUT2D eigenvalue weighted by Gasteiger charge is -2.46. The van der Waals surface area contributed by atoms with Crippen LogP contribution in [0.3, 0.4) is 0 Å². The average molecular weight is 229 g/mol. The highest BCUT2D eigenvalue weighted by atomic mass is 35.5. The number of hydrogen-bond donors (Lipinski definition) is 0. The van der Waals surface area contributed by atoms with Crippen molar-refractivity contribution in [3.63, 3.8) is 0 Å². The van der Waals surface area contributed by atoms with Crippen molar-refractivity contribution in [1.82, 2.24) is 0 Å². The summed E-state index contributed by atoms with van der Waals surface area (Å²) in [5.41, 5.74) is 0.995. The van der Waals surface area contributed by atoms with E-state index in [4.69, 9.17) is 11.6 Å². The number of alkyl halides is 1. The van der Waals surface area contributed by atoms with Gasteiger partial charge in [0.15, 0.2) is 0 Å². The molecule has 0 spiro atoms. The Labute approximate surface area is 99.8 Å². The lowest BCUT2D eigenvalue weighted by Crippen LogP contribution is -2.42. The van der Waals surface area contributed by atoms with E-state index >= 15 is 0 Å². The summed E-state index contributed by atoms with van der Waals surface area (Å²) in [6.07, 6.45) is 4.25. The fraction of sp³-hybridized carbons (Fsp3) is 1.00. The largest absolute Gasteiger partial charge is 0.122 e. The van der Waals surface area contributed by atoms with Crippen LogP contribution in [0, 0.1) is 28.6 Å². The monoisotopic (exact) mass is 228 g/mol. The van der Waals surface area contributed by atoms with Gasteiger partial charge in [0.05, 0.1) is 0 Å². The molecule has 1 heteroatoms. The van der Waals surface area contributed by atoms with Crippen molar-refractivity contribution in [1.29, 1.82) is 0 Å². The molecule has 0 aromatic carbocycles. The van der Waals surface area contributed by atoms with Crippen molar-refractivity contribution in [2.75, 3.05) is 0 Å². The first kappa shape index (κ1) is 11.8. The van der Waals surface area contributed by atoms with E-state index in [0.717, 1.165) is 5.92 Å². The lowest BCUT2D eigenvalue weighted by molar-refractivity contribution is 0.0604. The summed E-state index contributed by atoms with van der Waals surface area (Å²) in [7, 11) is 0. The molecule has 2 aliphatic rings. The van der Waals surface area contributed by atoms with Crippen LogP contribution in [0.25, 0.3) is 0 Å². The van der Waals surface area contributed by atoms with E-state index in [-0.39, 0.29) is 0 Å². The number of fused-ring (bicyclic) bond motifs is 2. The molecular formula is C14H25Cl. The van der Waals surface area contributed by atoms with E-state index in [1.165, 1.54) is 19.3 Å².